The number of fused-ring (bicyclic) bond motifs is 1. The molecule has 19 heavy (non-hydrogen) atoms. The molecule has 3 heteroatoms. The van der Waals surface area contributed by atoms with Gasteiger partial charge in [-0.05, 0) is 44.2 Å². The summed E-state index contributed by atoms with van der Waals surface area (Å²) in [4.78, 5) is 13.7. The summed E-state index contributed by atoms with van der Waals surface area (Å²) in [5.41, 5.74) is 1.54. The van der Waals surface area contributed by atoms with E-state index in [0.717, 1.165) is 38.4 Å². The van der Waals surface area contributed by atoms with Crippen LogP contribution >= 0.6 is 0 Å². The lowest BCUT2D eigenvalue weighted by Crippen LogP contribution is -2.53. The molecule has 2 aliphatic carbocycles. The van der Waals surface area contributed by atoms with Gasteiger partial charge in [-0.15, -0.1) is 0 Å². The van der Waals surface area contributed by atoms with Crippen LogP contribution in [0.3, 0.4) is 0 Å². The highest BCUT2D eigenvalue weighted by atomic mass is 16.4. The smallest absolute Gasteiger partial charge is 0.303 e. The predicted molar refractivity (Wildman–Crippen MR) is 77.1 cm³/mol. The van der Waals surface area contributed by atoms with Crippen LogP contribution in [0.25, 0.3) is 0 Å². The quantitative estimate of drug-likeness (QED) is 0.719. The first-order valence-electron chi connectivity index (χ1n) is 7.68. The van der Waals surface area contributed by atoms with Gasteiger partial charge in [-0.1, -0.05) is 32.4 Å². The van der Waals surface area contributed by atoms with Gasteiger partial charge in [-0.25, -0.2) is 0 Å². The number of hydrogen-bond acceptors (Lipinski definition) is 2. The highest BCUT2D eigenvalue weighted by molar-refractivity contribution is 5.68. The zero-order chi connectivity index (χ0) is 14.0. The van der Waals surface area contributed by atoms with Crippen LogP contribution in [0.15, 0.2) is 11.6 Å². The Kier molecular flexibility index (Phi) is 4.34. The number of carbonyl (C=O) groups is 1. The number of nitrogens with zero attached hydrogens (tertiary/aromatic N) is 1. The van der Waals surface area contributed by atoms with Crippen LogP contribution in [0.4, 0.5) is 0 Å². The summed E-state index contributed by atoms with van der Waals surface area (Å²) < 4.78 is 0. The van der Waals surface area contributed by atoms with Crippen LogP contribution in [0.5, 0.6) is 0 Å². The summed E-state index contributed by atoms with van der Waals surface area (Å²) in [7, 11) is 0. The molecule has 1 saturated carbocycles. The van der Waals surface area contributed by atoms with E-state index in [-0.39, 0.29) is 5.41 Å². The minimum absolute atomic E-state index is 0.000556. The van der Waals surface area contributed by atoms with E-state index < -0.39 is 5.97 Å². The first kappa shape index (κ1) is 14.6. The second-order valence-electron chi connectivity index (χ2n) is 6.27. The van der Waals surface area contributed by atoms with Crippen LogP contribution in [-0.4, -0.2) is 35.6 Å². The first-order valence-corrected chi connectivity index (χ1v) is 7.68. The Balaban J connectivity index is 2.13. The number of aliphatic carboxylic acids is 1. The lowest BCUT2D eigenvalue weighted by molar-refractivity contribution is -0.146. The molecule has 0 bridgehead atoms. The third-order valence-corrected chi connectivity index (χ3v) is 5.21. The number of carboxylic acid groups (broad SMARTS) is 1. The van der Waals surface area contributed by atoms with Crippen molar-refractivity contribution in [2.75, 3.05) is 19.6 Å². The molecule has 0 aliphatic heterocycles. The molecule has 0 amide bonds. The van der Waals surface area contributed by atoms with Crippen molar-refractivity contribution in [3.63, 3.8) is 0 Å². The lowest BCUT2D eigenvalue weighted by Gasteiger charge is -2.53. The van der Waals surface area contributed by atoms with Crippen LogP contribution < -0.4 is 0 Å². The van der Waals surface area contributed by atoms with Crippen molar-refractivity contribution in [2.24, 2.45) is 17.3 Å². The Morgan fingerprint density at radius 3 is 2.63 bits per heavy atom. The lowest BCUT2D eigenvalue weighted by atomic mass is 9.53. The predicted octanol–water partition coefficient (Wildman–Crippen LogP) is 3.17. The summed E-state index contributed by atoms with van der Waals surface area (Å²) in [6.07, 6.45) is 6.17. The Morgan fingerprint density at radius 1 is 1.42 bits per heavy atom. The molecule has 1 N–H and O–H groups in total. The highest BCUT2D eigenvalue weighted by Gasteiger charge is 2.55. The Bertz CT molecular complexity index is 373. The number of rotatable bonds is 7. The fourth-order valence-electron chi connectivity index (χ4n) is 4.17. The van der Waals surface area contributed by atoms with Crippen LogP contribution in [0.1, 0.15) is 46.5 Å². The SMILES string of the molecule is CCC1=C[C@@H]2[C@H](C1)C[C@@]2(CC(=O)O)CN(CC)CC. The molecule has 0 aromatic heterocycles. The van der Waals surface area contributed by atoms with E-state index in [2.05, 4.69) is 31.7 Å². The number of allylic oxidation sites excluding steroid dienone is 2. The summed E-state index contributed by atoms with van der Waals surface area (Å²) in [6.45, 7) is 9.51. The average molecular weight is 265 g/mol. The van der Waals surface area contributed by atoms with Gasteiger partial charge in [-0.2, -0.15) is 0 Å². The van der Waals surface area contributed by atoms with Crippen molar-refractivity contribution in [1.82, 2.24) is 4.90 Å². The molecule has 0 spiro atoms. The van der Waals surface area contributed by atoms with Crippen molar-refractivity contribution < 1.29 is 9.90 Å². The second-order valence-corrected chi connectivity index (χ2v) is 6.27. The minimum Gasteiger partial charge on any atom is -0.481 e. The minimum atomic E-state index is -0.635. The third-order valence-electron chi connectivity index (χ3n) is 5.21. The van der Waals surface area contributed by atoms with Crippen LogP contribution in [-0.2, 0) is 4.79 Å². The summed E-state index contributed by atoms with van der Waals surface area (Å²) in [6, 6.07) is 0. The van der Waals surface area contributed by atoms with Gasteiger partial charge in [0, 0.05) is 12.0 Å². The van der Waals surface area contributed by atoms with Gasteiger partial charge in [-0.3, -0.25) is 4.79 Å². The standard InChI is InChI=1S/C16H27NO2/c1-4-12-7-13-9-16(10-15(18)19,14(13)8-12)11-17(5-2)6-3/h8,13-14H,4-7,9-11H2,1-3H3,(H,18,19)/t13-,14-,16-/m1/s1. The van der Waals surface area contributed by atoms with Gasteiger partial charge >= 0.3 is 5.97 Å². The molecule has 108 valence electrons. The van der Waals surface area contributed by atoms with Gasteiger partial charge in [0.25, 0.3) is 0 Å². The van der Waals surface area contributed by atoms with E-state index in [1.807, 2.05) is 0 Å². The molecule has 0 heterocycles. The van der Waals surface area contributed by atoms with Gasteiger partial charge in [0.1, 0.15) is 0 Å². The van der Waals surface area contributed by atoms with Gasteiger partial charge in [0.2, 0.25) is 0 Å². The van der Waals surface area contributed by atoms with Crippen LogP contribution in [0, 0.1) is 17.3 Å². The summed E-state index contributed by atoms with van der Waals surface area (Å²) in [5, 5.41) is 9.28. The van der Waals surface area contributed by atoms with E-state index in [1.165, 1.54) is 6.42 Å². The van der Waals surface area contributed by atoms with E-state index in [4.69, 9.17) is 0 Å². The zero-order valence-corrected chi connectivity index (χ0v) is 12.5. The molecule has 0 aromatic rings. The molecule has 1 fully saturated rings. The average Bonchev–Trinajstić information content (AvgIpc) is 2.72. The second kappa shape index (κ2) is 5.66. The van der Waals surface area contributed by atoms with Gasteiger partial charge in [0.05, 0.1) is 6.42 Å². The Hall–Kier alpha value is -0.830. The van der Waals surface area contributed by atoms with Crippen molar-refractivity contribution in [1.29, 1.82) is 0 Å². The molecule has 3 atom stereocenters. The Labute approximate surface area is 116 Å². The van der Waals surface area contributed by atoms with Crippen LogP contribution in [0.2, 0.25) is 0 Å². The zero-order valence-electron chi connectivity index (χ0n) is 12.5. The molecular weight excluding hydrogens is 238 g/mol. The highest BCUT2D eigenvalue weighted by Crippen LogP contribution is 2.60. The molecule has 0 aromatic carbocycles. The number of carboxylic acids is 1. The number of hydrogen-bond donors (Lipinski definition) is 1. The fraction of sp³-hybridized carbons (Fsp3) is 0.812. The Morgan fingerprint density at radius 2 is 2.11 bits per heavy atom. The largest absolute Gasteiger partial charge is 0.481 e. The molecule has 0 radical (unpaired) electrons. The molecule has 3 nitrogen and oxygen atoms in total. The van der Waals surface area contributed by atoms with Crippen molar-refractivity contribution in [3.05, 3.63) is 11.6 Å². The van der Waals surface area contributed by atoms with Gasteiger partial charge < -0.3 is 10.0 Å². The molecular formula is C16H27NO2. The maximum Gasteiger partial charge on any atom is 0.303 e. The monoisotopic (exact) mass is 265 g/mol. The first-order chi connectivity index (χ1) is 9.04. The fourth-order valence-corrected chi connectivity index (χ4v) is 4.17. The molecule has 2 aliphatic rings. The normalized spacial score (nSPS) is 32.9. The van der Waals surface area contributed by atoms with Gasteiger partial charge in [0.15, 0.2) is 0 Å². The van der Waals surface area contributed by atoms with Crippen molar-refractivity contribution in [2.45, 2.75) is 46.5 Å². The van der Waals surface area contributed by atoms with Crippen molar-refractivity contribution in [3.8, 4) is 0 Å². The van der Waals surface area contributed by atoms with E-state index in [0.29, 0.717) is 12.3 Å². The topological polar surface area (TPSA) is 40.5 Å². The summed E-state index contributed by atoms with van der Waals surface area (Å²) >= 11 is 0. The summed E-state index contributed by atoms with van der Waals surface area (Å²) in [5.74, 6) is 0.605. The van der Waals surface area contributed by atoms with E-state index in [1.54, 1.807) is 5.57 Å². The third kappa shape index (κ3) is 2.71. The maximum atomic E-state index is 11.3. The van der Waals surface area contributed by atoms with E-state index in [9.17, 15) is 9.90 Å². The maximum absolute atomic E-state index is 11.3. The molecule has 0 saturated heterocycles. The van der Waals surface area contributed by atoms with Crippen molar-refractivity contribution >= 4 is 5.97 Å². The van der Waals surface area contributed by atoms with E-state index >= 15 is 0 Å². The molecule has 0 unspecified atom stereocenters. The molecule has 2 rings (SSSR count).